The third-order valence-electron chi connectivity index (χ3n) is 1.83. The van der Waals surface area contributed by atoms with Gasteiger partial charge in [-0.2, -0.15) is 5.10 Å². The summed E-state index contributed by atoms with van der Waals surface area (Å²) in [6.45, 7) is 3.89. The maximum atomic E-state index is 10.8. The van der Waals surface area contributed by atoms with Gasteiger partial charge in [0.25, 0.3) is 0 Å². The molecule has 0 aromatic heterocycles. The number of methoxy groups -OCH3 is 1. The third-order valence-corrected chi connectivity index (χ3v) is 1.83. The van der Waals surface area contributed by atoms with Crippen molar-refractivity contribution < 1.29 is 14.3 Å². The first-order valence-corrected chi connectivity index (χ1v) is 5.26. The van der Waals surface area contributed by atoms with Crippen LogP contribution >= 0.6 is 0 Å². The molecule has 0 bridgehead atoms. The number of para-hydroxylation sites is 1. The highest BCUT2D eigenvalue weighted by Crippen LogP contribution is 2.17. The second-order valence-electron chi connectivity index (χ2n) is 3.57. The first-order valence-electron chi connectivity index (χ1n) is 5.26. The fraction of sp³-hybridized carbons (Fsp3) is 0.333. The molecule has 1 rings (SSSR count). The number of nitrogens with zero attached hydrogens (tertiary/aromatic N) is 1. The highest BCUT2D eigenvalue weighted by Gasteiger charge is 2.02. The Morgan fingerprint density at radius 2 is 2.12 bits per heavy atom. The molecule has 0 aliphatic carbocycles. The minimum atomic E-state index is -0.608. The molecule has 0 saturated heterocycles. The molecule has 5 nitrogen and oxygen atoms in total. The highest BCUT2D eigenvalue weighted by molar-refractivity contribution is 5.84. The normalized spacial score (nSPS) is 10.6. The molecule has 0 heterocycles. The van der Waals surface area contributed by atoms with E-state index in [1.807, 2.05) is 38.1 Å². The Bertz CT molecular complexity index is 402. The van der Waals surface area contributed by atoms with E-state index in [1.54, 1.807) is 0 Å². The fourth-order valence-corrected chi connectivity index (χ4v) is 1.15. The molecule has 0 spiro atoms. The van der Waals surface area contributed by atoms with Crippen LogP contribution in [0.5, 0.6) is 5.75 Å². The molecule has 0 radical (unpaired) electrons. The first-order chi connectivity index (χ1) is 8.13. The van der Waals surface area contributed by atoms with Gasteiger partial charge in [-0.15, -0.1) is 0 Å². The van der Waals surface area contributed by atoms with Crippen molar-refractivity contribution in [2.45, 2.75) is 20.0 Å². The summed E-state index contributed by atoms with van der Waals surface area (Å²) in [6, 6.07) is 7.44. The molecule has 0 fully saturated rings. The number of benzene rings is 1. The number of hydrazone groups is 1. The molecule has 0 unspecified atom stereocenters. The van der Waals surface area contributed by atoms with Crippen LogP contribution in [0.25, 0.3) is 0 Å². The molecular weight excluding hydrogens is 220 g/mol. The number of ether oxygens (including phenoxy) is 2. The van der Waals surface area contributed by atoms with Crippen molar-refractivity contribution in [1.29, 1.82) is 0 Å². The van der Waals surface area contributed by atoms with Gasteiger partial charge in [0, 0.05) is 5.56 Å². The van der Waals surface area contributed by atoms with E-state index in [4.69, 9.17) is 4.74 Å². The van der Waals surface area contributed by atoms with E-state index in [0.29, 0.717) is 0 Å². The van der Waals surface area contributed by atoms with Crippen LogP contribution in [-0.2, 0) is 4.74 Å². The number of carbonyl (C=O) groups excluding carboxylic acids is 1. The van der Waals surface area contributed by atoms with Gasteiger partial charge < -0.3 is 9.47 Å². The lowest BCUT2D eigenvalue weighted by Gasteiger charge is -2.11. The first kappa shape index (κ1) is 13.0. The summed E-state index contributed by atoms with van der Waals surface area (Å²) < 4.78 is 9.98. The van der Waals surface area contributed by atoms with Crippen LogP contribution in [-0.4, -0.2) is 25.5 Å². The van der Waals surface area contributed by atoms with Crippen molar-refractivity contribution in [3.05, 3.63) is 29.8 Å². The van der Waals surface area contributed by atoms with Gasteiger partial charge in [0.15, 0.2) is 0 Å². The van der Waals surface area contributed by atoms with Crippen molar-refractivity contribution in [3.8, 4) is 5.75 Å². The summed E-state index contributed by atoms with van der Waals surface area (Å²) in [6.07, 6.45) is 0.982. The molecular formula is C12H16N2O3. The summed E-state index contributed by atoms with van der Waals surface area (Å²) in [5, 5.41) is 3.75. The zero-order valence-corrected chi connectivity index (χ0v) is 10.1. The van der Waals surface area contributed by atoms with Crippen LogP contribution < -0.4 is 10.2 Å². The Balaban J connectivity index is 2.72. The summed E-state index contributed by atoms with van der Waals surface area (Å²) in [4.78, 5) is 10.8. The van der Waals surface area contributed by atoms with Crippen molar-refractivity contribution in [2.24, 2.45) is 5.10 Å². The summed E-state index contributed by atoms with van der Waals surface area (Å²) >= 11 is 0. The molecule has 0 atom stereocenters. The van der Waals surface area contributed by atoms with E-state index in [9.17, 15) is 4.79 Å². The minimum Gasteiger partial charge on any atom is -0.490 e. The monoisotopic (exact) mass is 236 g/mol. The van der Waals surface area contributed by atoms with E-state index in [1.165, 1.54) is 13.3 Å². The van der Waals surface area contributed by atoms with Gasteiger partial charge in [-0.3, -0.25) is 0 Å². The second kappa shape index (κ2) is 6.52. The lowest BCUT2D eigenvalue weighted by Crippen LogP contribution is -2.17. The van der Waals surface area contributed by atoms with E-state index in [2.05, 4.69) is 15.3 Å². The number of nitrogens with one attached hydrogen (secondary N) is 1. The van der Waals surface area contributed by atoms with Crippen LogP contribution in [0.15, 0.2) is 29.4 Å². The van der Waals surface area contributed by atoms with Gasteiger partial charge in [-0.25, -0.2) is 10.2 Å². The molecule has 1 amide bonds. The molecule has 17 heavy (non-hydrogen) atoms. The van der Waals surface area contributed by atoms with E-state index in [-0.39, 0.29) is 6.10 Å². The Kier molecular flexibility index (Phi) is 5.00. The molecule has 5 heteroatoms. The topological polar surface area (TPSA) is 59.9 Å². The summed E-state index contributed by atoms with van der Waals surface area (Å²) in [7, 11) is 1.28. The zero-order valence-electron chi connectivity index (χ0n) is 10.1. The SMILES string of the molecule is COC(=O)N/N=C/c1ccccc1OC(C)C. The van der Waals surface area contributed by atoms with Gasteiger partial charge in [0.1, 0.15) is 5.75 Å². The maximum absolute atomic E-state index is 10.8. The van der Waals surface area contributed by atoms with Crippen LogP contribution in [0.4, 0.5) is 4.79 Å². The molecule has 0 aliphatic heterocycles. The molecule has 92 valence electrons. The van der Waals surface area contributed by atoms with Gasteiger partial charge in [0.05, 0.1) is 19.4 Å². The average molecular weight is 236 g/mol. The number of amides is 1. The predicted molar refractivity (Wildman–Crippen MR) is 65.3 cm³/mol. The third kappa shape index (κ3) is 4.55. The minimum absolute atomic E-state index is 0.0816. The van der Waals surface area contributed by atoms with Crippen LogP contribution in [0.2, 0.25) is 0 Å². The lowest BCUT2D eigenvalue weighted by molar-refractivity contribution is 0.171. The van der Waals surface area contributed by atoms with Crippen LogP contribution in [0, 0.1) is 0 Å². The van der Waals surface area contributed by atoms with E-state index >= 15 is 0 Å². The van der Waals surface area contributed by atoms with Crippen LogP contribution in [0.3, 0.4) is 0 Å². The number of hydrogen-bond acceptors (Lipinski definition) is 4. The largest absolute Gasteiger partial charge is 0.490 e. The molecule has 1 aromatic carbocycles. The zero-order chi connectivity index (χ0) is 12.7. The molecule has 1 N–H and O–H groups in total. The highest BCUT2D eigenvalue weighted by atomic mass is 16.5. The van der Waals surface area contributed by atoms with Gasteiger partial charge in [0.2, 0.25) is 0 Å². The number of rotatable bonds is 4. The number of carbonyl (C=O) groups is 1. The van der Waals surface area contributed by atoms with E-state index < -0.39 is 6.09 Å². The molecule has 0 saturated carbocycles. The van der Waals surface area contributed by atoms with Crippen molar-refractivity contribution in [1.82, 2.24) is 5.43 Å². The Morgan fingerprint density at radius 3 is 2.76 bits per heavy atom. The molecule has 1 aromatic rings. The van der Waals surface area contributed by atoms with Gasteiger partial charge in [-0.1, -0.05) is 12.1 Å². The van der Waals surface area contributed by atoms with Crippen molar-refractivity contribution >= 4 is 12.3 Å². The van der Waals surface area contributed by atoms with Gasteiger partial charge >= 0.3 is 6.09 Å². The van der Waals surface area contributed by atoms with E-state index in [0.717, 1.165) is 11.3 Å². The van der Waals surface area contributed by atoms with Crippen molar-refractivity contribution in [2.75, 3.05) is 7.11 Å². The summed E-state index contributed by atoms with van der Waals surface area (Å²) in [5.41, 5.74) is 3.00. The predicted octanol–water partition coefficient (Wildman–Crippen LogP) is 2.16. The number of hydrogen-bond donors (Lipinski definition) is 1. The smallest absolute Gasteiger partial charge is 0.427 e. The Hall–Kier alpha value is -2.04. The standard InChI is InChI=1S/C12H16N2O3/c1-9(2)17-11-7-5-4-6-10(11)8-13-14-12(15)16-3/h4-9H,1-3H3,(H,14,15)/b13-8+. The Labute approximate surface area is 100 Å². The Morgan fingerprint density at radius 1 is 1.41 bits per heavy atom. The molecule has 0 aliphatic rings. The van der Waals surface area contributed by atoms with Gasteiger partial charge in [-0.05, 0) is 26.0 Å². The lowest BCUT2D eigenvalue weighted by atomic mass is 10.2. The fourth-order valence-electron chi connectivity index (χ4n) is 1.15. The quantitative estimate of drug-likeness (QED) is 0.643. The average Bonchev–Trinajstić information content (AvgIpc) is 2.30. The second-order valence-corrected chi connectivity index (χ2v) is 3.57. The van der Waals surface area contributed by atoms with Crippen molar-refractivity contribution in [3.63, 3.8) is 0 Å². The maximum Gasteiger partial charge on any atom is 0.427 e. The van der Waals surface area contributed by atoms with Crippen LogP contribution in [0.1, 0.15) is 19.4 Å². The summed E-state index contributed by atoms with van der Waals surface area (Å²) in [5.74, 6) is 0.720.